The minimum Gasteiger partial charge on any atom is -0.466 e. The number of nitrogens with one attached hydrogen (secondary N) is 1. The predicted molar refractivity (Wildman–Crippen MR) is 306 cm³/mol. The maximum atomic E-state index is 12.5. The first-order valence-electron chi connectivity index (χ1n) is 31.6. The van der Waals surface area contributed by atoms with Gasteiger partial charge in [0.05, 0.1) is 25.4 Å². The molecule has 70 heavy (non-hydrogen) atoms. The van der Waals surface area contributed by atoms with Crippen LogP contribution < -0.4 is 5.32 Å². The van der Waals surface area contributed by atoms with Gasteiger partial charge in [-0.25, -0.2) is 0 Å². The Balaban J connectivity index is 3.51. The third-order valence-corrected chi connectivity index (χ3v) is 14.7. The molecule has 3 N–H and O–H groups in total. The molecule has 0 bridgehead atoms. The van der Waals surface area contributed by atoms with Gasteiger partial charge in [0.1, 0.15) is 0 Å². The molecule has 6 nitrogen and oxygen atoms in total. The average molecular weight is 987 g/mol. The summed E-state index contributed by atoms with van der Waals surface area (Å²) in [6.45, 7) is 4.85. The number of unbranched alkanes of at least 4 members (excludes halogenated alkanes) is 46. The van der Waals surface area contributed by atoms with Crippen LogP contribution in [0.2, 0.25) is 0 Å². The Hall–Kier alpha value is -1.66. The fraction of sp³-hybridized carbons (Fsp3) is 0.906. The summed E-state index contributed by atoms with van der Waals surface area (Å²) in [5.41, 5.74) is 0. The Morgan fingerprint density at radius 1 is 0.386 bits per heavy atom. The number of carbonyl (C=O) groups excluding carboxylic acids is 2. The number of ether oxygens (including phenoxy) is 1. The predicted octanol–water partition coefficient (Wildman–Crippen LogP) is 19.8. The molecule has 0 saturated heterocycles. The lowest BCUT2D eigenvalue weighted by Gasteiger charge is -2.20. The van der Waals surface area contributed by atoms with Crippen molar-refractivity contribution in [2.75, 3.05) is 13.2 Å². The Labute approximate surface area is 437 Å². The van der Waals surface area contributed by atoms with Gasteiger partial charge in [0.2, 0.25) is 5.91 Å². The van der Waals surface area contributed by atoms with Gasteiger partial charge in [-0.05, 0) is 57.8 Å². The van der Waals surface area contributed by atoms with Crippen LogP contribution in [0.4, 0.5) is 0 Å². The molecular weight excluding hydrogens is 863 g/mol. The standard InChI is InChI=1S/C64H123NO5/c1-3-5-7-9-11-13-15-17-19-21-23-24-25-26-27-28-29-30-32-34-36-40-44-48-52-56-62(67)61(60-66)65-63(68)57-53-49-45-41-38-39-43-47-51-55-59-70-64(69)58-54-50-46-42-37-35-33-31-22-20-18-16-14-12-10-8-6-4-2/h39,43,52,56,61-62,66-67H,3-38,40-42,44-51,53-55,57-60H2,1-2H3,(H,65,68)/b43-39-,56-52+. The van der Waals surface area contributed by atoms with Crippen molar-refractivity contribution in [3.63, 3.8) is 0 Å². The molecule has 0 aromatic rings. The van der Waals surface area contributed by atoms with E-state index in [1.165, 1.54) is 244 Å². The highest BCUT2D eigenvalue weighted by atomic mass is 16.5. The Kier molecular flexibility index (Phi) is 58.5. The number of esters is 1. The zero-order valence-electron chi connectivity index (χ0n) is 47.3. The summed E-state index contributed by atoms with van der Waals surface area (Å²) in [6, 6.07) is -0.654. The molecule has 6 heteroatoms. The van der Waals surface area contributed by atoms with E-state index in [1.807, 2.05) is 6.08 Å². The molecule has 0 aromatic heterocycles. The van der Waals surface area contributed by atoms with Gasteiger partial charge in [-0.2, -0.15) is 0 Å². The van der Waals surface area contributed by atoms with Crippen LogP contribution in [-0.2, 0) is 14.3 Å². The number of aliphatic hydroxyl groups is 2. The third-order valence-electron chi connectivity index (χ3n) is 14.7. The Bertz CT molecular complexity index is 1090. The van der Waals surface area contributed by atoms with Gasteiger partial charge in [0, 0.05) is 12.8 Å². The van der Waals surface area contributed by atoms with E-state index in [-0.39, 0.29) is 18.5 Å². The molecule has 0 aliphatic heterocycles. The molecule has 2 atom stereocenters. The van der Waals surface area contributed by atoms with E-state index in [1.54, 1.807) is 6.08 Å². The lowest BCUT2D eigenvalue weighted by Crippen LogP contribution is -2.45. The van der Waals surface area contributed by atoms with Gasteiger partial charge in [-0.1, -0.05) is 301 Å². The van der Waals surface area contributed by atoms with Crippen LogP contribution in [0.5, 0.6) is 0 Å². The van der Waals surface area contributed by atoms with Crippen LogP contribution in [0.1, 0.15) is 348 Å². The van der Waals surface area contributed by atoms with Crippen molar-refractivity contribution >= 4 is 11.9 Å². The minimum absolute atomic E-state index is 0.0330. The summed E-state index contributed by atoms with van der Waals surface area (Å²) in [4.78, 5) is 24.6. The fourth-order valence-electron chi connectivity index (χ4n) is 9.87. The summed E-state index contributed by atoms with van der Waals surface area (Å²) < 4.78 is 5.46. The van der Waals surface area contributed by atoms with Gasteiger partial charge in [-0.15, -0.1) is 0 Å². The number of hydrogen-bond acceptors (Lipinski definition) is 5. The first-order chi connectivity index (χ1) is 34.5. The highest BCUT2D eigenvalue weighted by molar-refractivity contribution is 5.76. The Morgan fingerprint density at radius 3 is 1.01 bits per heavy atom. The lowest BCUT2D eigenvalue weighted by molar-refractivity contribution is -0.143. The first kappa shape index (κ1) is 68.3. The maximum Gasteiger partial charge on any atom is 0.305 e. The number of amides is 1. The molecule has 414 valence electrons. The molecule has 0 saturated carbocycles. The van der Waals surface area contributed by atoms with E-state index < -0.39 is 12.1 Å². The number of carbonyl (C=O) groups is 2. The summed E-state index contributed by atoms with van der Waals surface area (Å²) in [5, 5.41) is 23.2. The number of allylic oxidation sites excluding steroid dienone is 3. The summed E-state index contributed by atoms with van der Waals surface area (Å²) in [6.07, 6.45) is 73.7. The molecule has 2 unspecified atom stereocenters. The highest BCUT2D eigenvalue weighted by Gasteiger charge is 2.18. The zero-order chi connectivity index (χ0) is 50.7. The second-order valence-electron chi connectivity index (χ2n) is 21.7. The van der Waals surface area contributed by atoms with E-state index in [9.17, 15) is 19.8 Å². The van der Waals surface area contributed by atoms with Crippen molar-refractivity contribution in [2.24, 2.45) is 0 Å². The quantitative estimate of drug-likeness (QED) is 0.0321. The summed E-state index contributed by atoms with van der Waals surface area (Å²) in [7, 11) is 0. The van der Waals surface area contributed by atoms with Crippen molar-refractivity contribution in [3.05, 3.63) is 24.3 Å². The highest BCUT2D eigenvalue weighted by Crippen LogP contribution is 2.18. The van der Waals surface area contributed by atoms with Gasteiger partial charge in [0.25, 0.3) is 0 Å². The molecule has 0 rings (SSSR count). The van der Waals surface area contributed by atoms with Crippen LogP contribution in [-0.4, -0.2) is 47.4 Å². The van der Waals surface area contributed by atoms with Crippen LogP contribution in [0.15, 0.2) is 24.3 Å². The van der Waals surface area contributed by atoms with Crippen molar-refractivity contribution in [2.45, 2.75) is 360 Å². The van der Waals surface area contributed by atoms with Gasteiger partial charge >= 0.3 is 5.97 Å². The van der Waals surface area contributed by atoms with Gasteiger partial charge in [0.15, 0.2) is 0 Å². The lowest BCUT2D eigenvalue weighted by atomic mass is 10.0. The topological polar surface area (TPSA) is 95.9 Å². The first-order valence-corrected chi connectivity index (χ1v) is 31.6. The van der Waals surface area contributed by atoms with E-state index in [4.69, 9.17) is 4.74 Å². The summed E-state index contributed by atoms with van der Waals surface area (Å²) in [5.74, 6) is -0.133. The maximum absolute atomic E-state index is 12.5. The molecule has 0 aliphatic rings. The number of aliphatic hydroxyl groups excluding tert-OH is 2. The van der Waals surface area contributed by atoms with Crippen LogP contribution >= 0.6 is 0 Å². The second-order valence-corrected chi connectivity index (χ2v) is 21.7. The van der Waals surface area contributed by atoms with Crippen LogP contribution in [0.3, 0.4) is 0 Å². The molecule has 0 radical (unpaired) electrons. The van der Waals surface area contributed by atoms with Crippen LogP contribution in [0, 0.1) is 0 Å². The molecule has 0 heterocycles. The second kappa shape index (κ2) is 59.9. The van der Waals surface area contributed by atoms with Crippen molar-refractivity contribution in [1.29, 1.82) is 0 Å². The molecule has 1 amide bonds. The van der Waals surface area contributed by atoms with E-state index in [0.717, 1.165) is 77.0 Å². The van der Waals surface area contributed by atoms with Crippen molar-refractivity contribution in [3.8, 4) is 0 Å². The minimum atomic E-state index is -0.867. The Morgan fingerprint density at radius 2 is 0.671 bits per heavy atom. The molecule has 0 spiro atoms. The van der Waals surface area contributed by atoms with E-state index in [0.29, 0.717) is 19.4 Å². The van der Waals surface area contributed by atoms with Gasteiger partial charge in [-0.3, -0.25) is 9.59 Å². The molecule has 0 aromatic carbocycles. The monoisotopic (exact) mass is 986 g/mol. The fourth-order valence-corrected chi connectivity index (χ4v) is 9.87. The van der Waals surface area contributed by atoms with Crippen molar-refractivity contribution < 1.29 is 24.5 Å². The van der Waals surface area contributed by atoms with Gasteiger partial charge < -0.3 is 20.3 Å². The molecule has 0 fully saturated rings. The van der Waals surface area contributed by atoms with Crippen LogP contribution in [0.25, 0.3) is 0 Å². The largest absolute Gasteiger partial charge is 0.466 e. The third kappa shape index (κ3) is 55.7. The van der Waals surface area contributed by atoms with E-state index in [2.05, 4.69) is 31.3 Å². The zero-order valence-corrected chi connectivity index (χ0v) is 47.3. The number of rotatable bonds is 59. The average Bonchev–Trinajstić information content (AvgIpc) is 3.36. The SMILES string of the molecule is CCCCCCCCCCCCCCCCCCCCCCCCC/C=C/C(O)C(CO)NC(=O)CCCCCC/C=C\CCCCOC(=O)CCCCCCCCCCCCCCCCCCCC. The van der Waals surface area contributed by atoms with E-state index >= 15 is 0 Å². The molecular formula is C64H123NO5. The molecule has 0 aliphatic carbocycles. The summed E-state index contributed by atoms with van der Waals surface area (Å²) >= 11 is 0. The smallest absolute Gasteiger partial charge is 0.305 e. The number of hydrogen-bond donors (Lipinski definition) is 3. The van der Waals surface area contributed by atoms with Crippen molar-refractivity contribution in [1.82, 2.24) is 5.32 Å². The normalized spacial score (nSPS) is 12.7.